The number of unbranched alkanes of at least 4 members (excludes halogenated alkanes) is 22. The Morgan fingerprint density at radius 1 is 0.695 bits per heavy atom. The molecule has 344 valence electrons. The number of ether oxygens (including phenoxy) is 2. The zero-order valence-corrected chi connectivity index (χ0v) is 38.0. The average molecular weight is 857 g/mol. The standard InChI is InChI=1S/C47H85O11P/c1-3-5-7-8-9-10-11-12-13-14-15-16-17-18-19-20-21-22-23-24-30-34-47(52)58-41(39-57-59(53,54)55)38-56-46(51)33-29-26-25-28-32-42-43(45(50)37-44(42)49)36-35-40(48)31-27-6-4-2/h12-13,35-36,40-44,48-49H,3-11,14-34,37-39H2,1-2H3,(H2,53,54,55)/b13-12-,36-35+/t40-,41+,42+,43+,44-/m0/s1. The molecule has 1 fully saturated rings. The van der Waals surface area contributed by atoms with Gasteiger partial charge < -0.3 is 29.5 Å². The van der Waals surface area contributed by atoms with Crippen molar-refractivity contribution in [1.82, 2.24) is 0 Å². The monoisotopic (exact) mass is 857 g/mol. The topological polar surface area (TPSA) is 177 Å². The number of phosphoric acid groups is 1. The summed E-state index contributed by atoms with van der Waals surface area (Å²) in [5.74, 6) is -1.60. The molecular weight excluding hydrogens is 771 g/mol. The molecule has 0 saturated heterocycles. The molecule has 0 aliphatic heterocycles. The van der Waals surface area contributed by atoms with Crippen LogP contribution in [0.4, 0.5) is 0 Å². The van der Waals surface area contributed by atoms with Gasteiger partial charge in [0.15, 0.2) is 6.10 Å². The number of allylic oxidation sites excluding steroid dienone is 3. The Morgan fingerprint density at radius 2 is 1.19 bits per heavy atom. The number of aliphatic hydroxyl groups excluding tert-OH is 2. The highest BCUT2D eigenvalue weighted by atomic mass is 31.2. The van der Waals surface area contributed by atoms with Crippen LogP contribution in [-0.4, -0.2) is 69.2 Å². The summed E-state index contributed by atoms with van der Waals surface area (Å²) in [4.78, 5) is 55.7. The molecule has 0 aromatic heterocycles. The van der Waals surface area contributed by atoms with Gasteiger partial charge in [-0.05, 0) is 57.3 Å². The second-order valence-electron chi connectivity index (χ2n) is 16.9. The van der Waals surface area contributed by atoms with Gasteiger partial charge in [-0.2, -0.15) is 0 Å². The van der Waals surface area contributed by atoms with E-state index in [2.05, 4.69) is 30.5 Å². The lowest BCUT2D eigenvalue weighted by molar-refractivity contribution is -0.161. The van der Waals surface area contributed by atoms with E-state index in [1.807, 2.05) is 0 Å². The van der Waals surface area contributed by atoms with Gasteiger partial charge in [-0.15, -0.1) is 0 Å². The summed E-state index contributed by atoms with van der Waals surface area (Å²) in [5.41, 5.74) is 0. The van der Waals surface area contributed by atoms with Crippen LogP contribution in [-0.2, 0) is 32.9 Å². The summed E-state index contributed by atoms with van der Waals surface area (Å²) in [6.07, 6.45) is 36.6. The van der Waals surface area contributed by atoms with Gasteiger partial charge in [0.05, 0.1) is 18.8 Å². The van der Waals surface area contributed by atoms with Crippen LogP contribution in [0.25, 0.3) is 0 Å². The normalized spacial score (nSPS) is 18.3. The highest BCUT2D eigenvalue weighted by Gasteiger charge is 2.39. The fourth-order valence-corrected chi connectivity index (χ4v) is 8.10. The molecule has 4 N–H and O–H groups in total. The fourth-order valence-electron chi connectivity index (χ4n) is 7.74. The molecule has 0 bridgehead atoms. The predicted octanol–water partition coefficient (Wildman–Crippen LogP) is 11.3. The summed E-state index contributed by atoms with van der Waals surface area (Å²) in [6.45, 7) is 3.40. The van der Waals surface area contributed by atoms with Crippen LogP contribution in [0.1, 0.15) is 213 Å². The zero-order chi connectivity index (χ0) is 43.4. The van der Waals surface area contributed by atoms with Gasteiger partial charge in [0.2, 0.25) is 0 Å². The largest absolute Gasteiger partial charge is 0.469 e. The minimum atomic E-state index is -4.82. The molecule has 1 saturated carbocycles. The van der Waals surface area contributed by atoms with Gasteiger partial charge in [-0.1, -0.05) is 167 Å². The Morgan fingerprint density at radius 3 is 1.75 bits per heavy atom. The second kappa shape index (κ2) is 36.7. The zero-order valence-electron chi connectivity index (χ0n) is 37.1. The van der Waals surface area contributed by atoms with Gasteiger partial charge in [0, 0.05) is 25.2 Å². The van der Waals surface area contributed by atoms with E-state index in [1.54, 1.807) is 12.2 Å². The molecular formula is C47H85O11P. The molecule has 1 rings (SSSR count). The average Bonchev–Trinajstić information content (AvgIpc) is 3.47. The fraction of sp³-hybridized carbons (Fsp3) is 0.851. The molecule has 12 heteroatoms. The molecule has 0 spiro atoms. The van der Waals surface area contributed by atoms with E-state index in [9.17, 15) is 29.2 Å². The number of Topliss-reactive ketones (excluding diaryl/α,β-unsaturated/α-hetero) is 1. The summed E-state index contributed by atoms with van der Waals surface area (Å²) < 4.78 is 26.5. The first-order chi connectivity index (χ1) is 28.5. The minimum Gasteiger partial charge on any atom is -0.462 e. The van der Waals surface area contributed by atoms with Crippen LogP contribution in [0.5, 0.6) is 0 Å². The number of hydrogen-bond acceptors (Lipinski definition) is 9. The molecule has 11 nitrogen and oxygen atoms in total. The number of esters is 2. The van der Waals surface area contributed by atoms with Crippen molar-refractivity contribution in [3.05, 3.63) is 24.3 Å². The minimum absolute atomic E-state index is 0.00206. The Balaban J connectivity index is 2.17. The van der Waals surface area contributed by atoms with Crippen molar-refractivity contribution in [2.45, 2.75) is 231 Å². The van der Waals surface area contributed by atoms with Gasteiger partial charge in [-0.3, -0.25) is 18.9 Å². The molecule has 0 heterocycles. The van der Waals surface area contributed by atoms with Crippen LogP contribution in [0, 0.1) is 11.8 Å². The van der Waals surface area contributed by atoms with E-state index in [1.165, 1.54) is 96.3 Å². The van der Waals surface area contributed by atoms with E-state index in [0.29, 0.717) is 25.7 Å². The van der Waals surface area contributed by atoms with Crippen molar-refractivity contribution in [2.75, 3.05) is 13.2 Å². The molecule has 0 radical (unpaired) electrons. The summed E-state index contributed by atoms with van der Waals surface area (Å²) in [6, 6.07) is 0. The predicted molar refractivity (Wildman–Crippen MR) is 236 cm³/mol. The van der Waals surface area contributed by atoms with Crippen molar-refractivity contribution in [3.8, 4) is 0 Å². The Hall–Kier alpha value is -1.88. The second-order valence-corrected chi connectivity index (χ2v) is 18.1. The lowest BCUT2D eigenvalue weighted by Crippen LogP contribution is -2.29. The van der Waals surface area contributed by atoms with Gasteiger partial charge >= 0.3 is 19.8 Å². The Labute approximate surface area is 358 Å². The maximum absolute atomic E-state index is 12.5. The summed E-state index contributed by atoms with van der Waals surface area (Å²) in [7, 11) is -4.82. The Kier molecular flexibility index (Phi) is 34.3. The van der Waals surface area contributed by atoms with Crippen molar-refractivity contribution >= 4 is 25.5 Å². The van der Waals surface area contributed by atoms with Crippen molar-refractivity contribution in [2.24, 2.45) is 11.8 Å². The highest BCUT2D eigenvalue weighted by molar-refractivity contribution is 7.46. The van der Waals surface area contributed by atoms with Crippen LogP contribution >= 0.6 is 7.82 Å². The van der Waals surface area contributed by atoms with Crippen molar-refractivity contribution in [3.63, 3.8) is 0 Å². The van der Waals surface area contributed by atoms with Crippen LogP contribution < -0.4 is 0 Å². The molecule has 0 aromatic rings. The van der Waals surface area contributed by atoms with Crippen LogP contribution in [0.2, 0.25) is 0 Å². The lowest BCUT2D eigenvalue weighted by atomic mass is 9.88. The van der Waals surface area contributed by atoms with E-state index in [4.69, 9.17) is 19.3 Å². The third-order valence-corrected chi connectivity index (χ3v) is 11.8. The number of ketones is 1. The van der Waals surface area contributed by atoms with Gasteiger partial charge in [-0.25, -0.2) is 4.57 Å². The number of rotatable bonds is 40. The first kappa shape index (κ1) is 55.1. The molecule has 5 atom stereocenters. The first-order valence-corrected chi connectivity index (χ1v) is 25.3. The quantitative estimate of drug-likeness (QED) is 0.0200. The molecule has 59 heavy (non-hydrogen) atoms. The van der Waals surface area contributed by atoms with E-state index in [-0.39, 0.29) is 43.5 Å². The molecule has 0 amide bonds. The SMILES string of the molecule is CCCCCCCC/C=C\CCCCCCCCCCCCCC(=O)O[C@H](COC(=O)CCCCCC[C@H]1[C@@H](O)CC(=O)[C@@H]1/C=C/[C@@H](O)CCCCC)COP(=O)(O)O. The van der Waals surface area contributed by atoms with Crippen molar-refractivity contribution < 1.29 is 52.9 Å². The number of hydrogen-bond donors (Lipinski definition) is 4. The maximum Gasteiger partial charge on any atom is 0.469 e. The van der Waals surface area contributed by atoms with E-state index in [0.717, 1.165) is 57.8 Å². The molecule has 0 aromatic carbocycles. The number of aliphatic hydroxyl groups is 2. The smallest absolute Gasteiger partial charge is 0.462 e. The van der Waals surface area contributed by atoms with E-state index < -0.39 is 44.7 Å². The molecule has 1 aliphatic rings. The maximum atomic E-state index is 12.5. The first-order valence-electron chi connectivity index (χ1n) is 23.7. The number of carbonyl (C=O) groups is 3. The number of carbonyl (C=O) groups excluding carboxylic acids is 3. The lowest BCUT2D eigenvalue weighted by Gasteiger charge is -2.19. The van der Waals surface area contributed by atoms with Crippen molar-refractivity contribution in [1.29, 1.82) is 0 Å². The summed E-state index contributed by atoms with van der Waals surface area (Å²) >= 11 is 0. The summed E-state index contributed by atoms with van der Waals surface area (Å²) in [5, 5.41) is 20.7. The third kappa shape index (κ3) is 32.5. The van der Waals surface area contributed by atoms with Crippen LogP contribution in [0.3, 0.4) is 0 Å². The number of phosphoric ester groups is 1. The molecule has 1 aliphatic carbocycles. The molecule has 0 unspecified atom stereocenters. The van der Waals surface area contributed by atoms with Gasteiger partial charge in [0.25, 0.3) is 0 Å². The van der Waals surface area contributed by atoms with E-state index >= 15 is 0 Å². The Bertz CT molecular complexity index is 1170. The van der Waals surface area contributed by atoms with Crippen LogP contribution in [0.15, 0.2) is 24.3 Å². The van der Waals surface area contributed by atoms with Gasteiger partial charge in [0.1, 0.15) is 12.4 Å². The third-order valence-electron chi connectivity index (χ3n) is 11.3. The highest BCUT2D eigenvalue weighted by Crippen LogP contribution is 2.36.